The molecule has 0 saturated heterocycles. The molecule has 0 spiro atoms. The van der Waals surface area contributed by atoms with Crippen molar-refractivity contribution in [2.75, 3.05) is 0 Å². The van der Waals surface area contributed by atoms with Gasteiger partial charge in [0.2, 0.25) is 0 Å². The van der Waals surface area contributed by atoms with Gasteiger partial charge >= 0.3 is 0 Å². The Morgan fingerprint density at radius 1 is 0.254 bits per heavy atom. The van der Waals surface area contributed by atoms with Gasteiger partial charge in [0.05, 0.1) is 27.8 Å². The van der Waals surface area contributed by atoms with Crippen molar-refractivity contribution in [3.63, 3.8) is 0 Å². The first-order valence-electron chi connectivity index (χ1n) is 21.7. The maximum Gasteiger partial charge on any atom is 0.0543 e. The van der Waals surface area contributed by atoms with Gasteiger partial charge in [-0.2, -0.15) is 0 Å². The van der Waals surface area contributed by atoms with E-state index in [1.165, 1.54) is 110 Å². The number of benzene rings is 10. The molecule has 0 saturated carbocycles. The third-order valence-corrected chi connectivity index (χ3v) is 12.8. The summed E-state index contributed by atoms with van der Waals surface area (Å²) in [5.74, 6) is 0. The van der Waals surface area contributed by atoms with Gasteiger partial charge in [-0.15, -0.1) is 0 Å². The molecule has 0 N–H and O–H groups in total. The van der Waals surface area contributed by atoms with Gasteiger partial charge in [0.25, 0.3) is 0 Å². The molecule has 0 atom stereocenters. The lowest BCUT2D eigenvalue weighted by molar-refractivity contribution is 1.18. The highest BCUT2D eigenvalue weighted by atomic mass is 15.0. The number of hydrogen-bond acceptors (Lipinski definition) is 0. The average Bonchev–Trinajstić information content (AvgIpc) is 3.86. The monoisotopic (exact) mass is 802 g/mol. The maximum absolute atomic E-state index is 2.48. The molecule has 2 heteroatoms. The number of nitrogens with zero attached hydrogens (tertiary/aromatic N) is 2. The number of rotatable bonds is 7. The van der Waals surface area contributed by atoms with E-state index >= 15 is 0 Å². The smallest absolute Gasteiger partial charge is 0.0543 e. The van der Waals surface area contributed by atoms with E-state index in [1.807, 2.05) is 0 Å². The van der Waals surface area contributed by atoms with E-state index in [2.05, 4.69) is 253 Å². The number of fused-ring (bicyclic) bond motifs is 6. The van der Waals surface area contributed by atoms with E-state index < -0.39 is 0 Å². The summed E-state index contributed by atoms with van der Waals surface area (Å²) in [5.41, 5.74) is 20.4. The third-order valence-electron chi connectivity index (χ3n) is 12.8. The third kappa shape index (κ3) is 6.35. The van der Waals surface area contributed by atoms with Crippen molar-refractivity contribution in [3.8, 4) is 67.0 Å². The minimum absolute atomic E-state index is 1.14. The summed E-state index contributed by atoms with van der Waals surface area (Å²) in [7, 11) is 0. The van der Waals surface area contributed by atoms with Crippen molar-refractivity contribution < 1.29 is 0 Å². The predicted molar refractivity (Wildman–Crippen MR) is 267 cm³/mol. The van der Waals surface area contributed by atoms with E-state index in [9.17, 15) is 0 Å². The van der Waals surface area contributed by atoms with Crippen molar-refractivity contribution >= 4 is 43.6 Å². The van der Waals surface area contributed by atoms with E-state index in [4.69, 9.17) is 0 Å². The molecule has 2 aromatic heterocycles. The zero-order valence-electron chi connectivity index (χ0n) is 34.9. The van der Waals surface area contributed by atoms with Gasteiger partial charge in [-0.1, -0.05) is 170 Å². The zero-order chi connectivity index (χ0) is 41.9. The van der Waals surface area contributed by atoms with Crippen molar-refractivity contribution in [1.29, 1.82) is 0 Å². The summed E-state index contributed by atoms with van der Waals surface area (Å²) in [6.45, 7) is 2.19. The Bertz CT molecular complexity index is 3640. The van der Waals surface area contributed by atoms with Gasteiger partial charge in [0.15, 0.2) is 0 Å². The van der Waals surface area contributed by atoms with E-state index in [-0.39, 0.29) is 0 Å². The van der Waals surface area contributed by atoms with Crippen molar-refractivity contribution in [2.24, 2.45) is 0 Å². The summed E-state index contributed by atoms with van der Waals surface area (Å²) in [6.07, 6.45) is 0. The summed E-state index contributed by atoms with van der Waals surface area (Å²) in [5, 5.41) is 4.95. The molecule has 12 aromatic rings. The van der Waals surface area contributed by atoms with Crippen molar-refractivity contribution in [3.05, 3.63) is 242 Å². The Kier molecular flexibility index (Phi) is 8.76. The van der Waals surface area contributed by atoms with Crippen LogP contribution in [0.1, 0.15) is 5.56 Å². The highest BCUT2D eigenvalue weighted by Gasteiger charge is 2.19. The first kappa shape index (κ1) is 36.6. The molecule has 0 bridgehead atoms. The van der Waals surface area contributed by atoms with Crippen LogP contribution in [0, 0.1) is 6.92 Å². The van der Waals surface area contributed by atoms with Crippen LogP contribution >= 0.6 is 0 Å². The highest BCUT2D eigenvalue weighted by molar-refractivity contribution is 6.13. The quantitative estimate of drug-likeness (QED) is 0.152. The molecule has 0 radical (unpaired) electrons. The second kappa shape index (κ2) is 15.1. The second-order valence-corrected chi connectivity index (χ2v) is 16.6. The zero-order valence-corrected chi connectivity index (χ0v) is 34.9. The number of aryl methyl sites for hydroxylation is 1. The first-order chi connectivity index (χ1) is 31.1. The van der Waals surface area contributed by atoms with Gasteiger partial charge in [0.1, 0.15) is 0 Å². The standard InChI is InChI=1S/C61H42N2/c1-41-22-31-52-54-39-49(28-35-60(54)63(61(52)36-41)57-32-25-47(43-16-8-3-9-17-43)37-53(57)46-20-12-5-13-21-46)50-27-34-59-56(40-50)55-38-48(44-18-10-4-11-19-44)26-33-58(55)62(59)51-29-23-45(24-30-51)42-14-6-2-7-15-42/h2-40H,1H3. The minimum atomic E-state index is 1.14. The summed E-state index contributed by atoms with van der Waals surface area (Å²) in [4.78, 5) is 0. The van der Waals surface area contributed by atoms with Crippen LogP contribution in [-0.2, 0) is 0 Å². The van der Waals surface area contributed by atoms with Gasteiger partial charge in [0, 0.05) is 32.8 Å². The van der Waals surface area contributed by atoms with Crippen LogP contribution in [0.4, 0.5) is 0 Å². The largest absolute Gasteiger partial charge is 0.309 e. The molecular weight excluding hydrogens is 761 g/mol. The van der Waals surface area contributed by atoms with Crippen molar-refractivity contribution in [2.45, 2.75) is 6.92 Å². The Labute approximate surface area is 367 Å². The first-order valence-corrected chi connectivity index (χ1v) is 21.7. The molecule has 2 heterocycles. The molecular formula is C61H42N2. The van der Waals surface area contributed by atoms with E-state index in [0.29, 0.717) is 0 Å². The minimum Gasteiger partial charge on any atom is -0.309 e. The topological polar surface area (TPSA) is 9.86 Å². The molecule has 2 nitrogen and oxygen atoms in total. The molecule has 296 valence electrons. The van der Waals surface area contributed by atoms with Gasteiger partial charge in [-0.3, -0.25) is 0 Å². The lowest BCUT2D eigenvalue weighted by atomic mass is 9.97. The van der Waals surface area contributed by atoms with Crippen LogP contribution in [-0.4, -0.2) is 9.13 Å². The second-order valence-electron chi connectivity index (χ2n) is 16.6. The van der Waals surface area contributed by atoms with Crippen LogP contribution in [0.25, 0.3) is 111 Å². The molecule has 0 aliphatic rings. The molecule has 63 heavy (non-hydrogen) atoms. The SMILES string of the molecule is Cc1ccc2c3cc(-c4ccc5c(c4)c4cc(-c6ccccc6)ccc4n5-c4ccc(-c5ccccc5)cc4)ccc3n(-c3ccc(-c4ccccc4)cc3-c3ccccc3)c2c1. The maximum atomic E-state index is 2.48. The Hall–Kier alpha value is -8.20. The predicted octanol–water partition coefficient (Wildman–Crippen LogP) is 16.5. The van der Waals surface area contributed by atoms with Gasteiger partial charge in [-0.05, 0) is 129 Å². The molecule has 0 aliphatic heterocycles. The number of aromatic nitrogens is 2. The van der Waals surface area contributed by atoms with Crippen molar-refractivity contribution in [1.82, 2.24) is 9.13 Å². The fourth-order valence-corrected chi connectivity index (χ4v) is 9.68. The Balaban J connectivity index is 1.04. The summed E-state index contributed by atoms with van der Waals surface area (Å²) >= 11 is 0. The summed E-state index contributed by atoms with van der Waals surface area (Å²) in [6, 6.07) is 86.6. The molecule has 0 amide bonds. The van der Waals surface area contributed by atoms with E-state index in [1.54, 1.807) is 0 Å². The lowest BCUT2D eigenvalue weighted by Crippen LogP contribution is -1.98. The van der Waals surface area contributed by atoms with Crippen LogP contribution in [0.15, 0.2) is 237 Å². The Morgan fingerprint density at radius 3 is 1.19 bits per heavy atom. The summed E-state index contributed by atoms with van der Waals surface area (Å²) < 4.78 is 4.90. The lowest BCUT2D eigenvalue weighted by Gasteiger charge is -2.16. The van der Waals surface area contributed by atoms with Crippen LogP contribution in [0.2, 0.25) is 0 Å². The fourth-order valence-electron chi connectivity index (χ4n) is 9.68. The van der Waals surface area contributed by atoms with Crippen LogP contribution in [0.3, 0.4) is 0 Å². The van der Waals surface area contributed by atoms with Gasteiger partial charge in [-0.25, -0.2) is 0 Å². The Morgan fingerprint density at radius 2 is 0.651 bits per heavy atom. The molecule has 0 aliphatic carbocycles. The van der Waals surface area contributed by atoms with E-state index in [0.717, 1.165) is 5.69 Å². The highest BCUT2D eigenvalue weighted by Crippen LogP contribution is 2.42. The van der Waals surface area contributed by atoms with Gasteiger partial charge < -0.3 is 9.13 Å². The molecule has 0 unspecified atom stereocenters. The van der Waals surface area contributed by atoms with Crippen LogP contribution in [0.5, 0.6) is 0 Å². The normalized spacial score (nSPS) is 11.6. The average molecular weight is 803 g/mol. The van der Waals surface area contributed by atoms with Crippen LogP contribution < -0.4 is 0 Å². The molecule has 10 aromatic carbocycles. The number of hydrogen-bond donors (Lipinski definition) is 0. The fraction of sp³-hybridized carbons (Fsp3) is 0.0164. The molecule has 0 fully saturated rings. The molecule has 12 rings (SSSR count).